The average molecular weight is 291 g/mol. The minimum atomic E-state index is 0.0604. The second kappa shape index (κ2) is 4.26. The van der Waals surface area contributed by atoms with E-state index in [4.69, 9.17) is 4.74 Å². The summed E-state index contributed by atoms with van der Waals surface area (Å²) in [5, 5.41) is 0. The molecule has 0 fully saturated rings. The highest BCUT2D eigenvalue weighted by atomic mass is 127. The highest BCUT2D eigenvalue weighted by molar-refractivity contribution is 14.1. The van der Waals surface area contributed by atoms with Gasteiger partial charge in [0, 0.05) is 6.07 Å². The molecule has 1 aromatic heterocycles. The van der Waals surface area contributed by atoms with Gasteiger partial charge in [-0.2, -0.15) is 0 Å². The van der Waals surface area contributed by atoms with Crippen molar-refractivity contribution in [1.29, 1.82) is 0 Å². The number of hydrogen-bond acceptors (Lipinski definition) is 2. The molecule has 0 atom stereocenters. The van der Waals surface area contributed by atoms with Crippen molar-refractivity contribution in [3.8, 4) is 5.88 Å². The number of pyridine rings is 1. The third-order valence-electron chi connectivity index (χ3n) is 1.62. The van der Waals surface area contributed by atoms with Gasteiger partial charge >= 0.3 is 0 Å². The predicted molar refractivity (Wildman–Crippen MR) is 62.5 cm³/mol. The molecule has 0 aliphatic carbocycles. The van der Waals surface area contributed by atoms with Crippen LogP contribution in [0.4, 0.5) is 0 Å². The fraction of sp³-hybridized carbons (Fsp3) is 0.500. The Morgan fingerprint density at radius 2 is 2.15 bits per heavy atom. The maximum Gasteiger partial charge on any atom is 0.213 e. The molecule has 0 aromatic carbocycles. The van der Waals surface area contributed by atoms with Crippen LogP contribution in [0.15, 0.2) is 18.2 Å². The lowest BCUT2D eigenvalue weighted by Crippen LogP contribution is -2.09. The monoisotopic (exact) mass is 291 g/mol. The van der Waals surface area contributed by atoms with E-state index in [1.54, 1.807) is 0 Å². The first-order valence-corrected chi connectivity index (χ1v) is 5.41. The van der Waals surface area contributed by atoms with Crippen molar-refractivity contribution in [2.75, 3.05) is 6.61 Å². The zero-order valence-corrected chi connectivity index (χ0v) is 10.3. The molecule has 1 aromatic rings. The molecule has 0 spiro atoms. The number of aromatic nitrogens is 1. The van der Waals surface area contributed by atoms with Crippen LogP contribution in [0.25, 0.3) is 0 Å². The number of halogens is 1. The topological polar surface area (TPSA) is 22.1 Å². The maximum atomic E-state index is 5.33. The molecule has 13 heavy (non-hydrogen) atoms. The Kier molecular flexibility index (Phi) is 3.53. The minimum absolute atomic E-state index is 0.0604. The van der Waals surface area contributed by atoms with E-state index in [0.29, 0.717) is 12.5 Å². The first kappa shape index (κ1) is 10.8. The molecule has 0 radical (unpaired) electrons. The van der Waals surface area contributed by atoms with Crippen LogP contribution < -0.4 is 4.74 Å². The van der Waals surface area contributed by atoms with Crippen molar-refractivity contribution in [3.63, 3.8) is 0 Å². The van der Waals surface area contributed by atoms with E-state index in [1.807, 2.05) is 25.1 Å². The summed E-state index contributed by atoms with van der Waals surface area (Å²) in [7, 11) is 0. The largest absolute Gasteiger partial charge is 0.478 e. The van der Waals surface area contributed by atoms with E-state index in [1.165, 1.54) is 0 Å². The summed E-state index contributed by atoms with van der Waals surface area (Å²) in [5.74, 6) is 0.713. The molecule has 0 amide bonds. The van der Waals surface area contributed by atoms with Crippen molar-refractivity contribution in [2.45, 2.75) is 24.2 Å². The smallest absolute Gasteiger partial charge is 0.213 e. The molecule has 2 nitrogen and oxygen atoms in total. The highest BCUT2D eigenvalue weighted by Crippen LogP contribution is 2.29. The Morgan fingerprint density at radius 1 is 1.46 bits per heavy atom. The number of alkyl halides is 1. The van der Waals surface area contributed by atoms with Gasteiger partial charge in [-0.05, 0) is 26.8 Å². The summed E-state index contributed by atoms with van der Waals surface area (Å²) in [6.07, 6.45) is 0. The van der Waals surface area contributed by atoms with Gasteiger partial charge in [0.2, 0.25) is 5.88 Å². The summed E-state index contributed by atoms with van der Waals surface area (Å²) in [6, 6.07) is 5.89. The van der Waals surface area contributed by atoms with Crippen LogP contribution in [-0.4, -0.2) is 11.6 Å². The van der Waals surface area contributed by atoms with E-state index in [2.05, 4.69) is 41.4 Å². The second-order valence-corrected chi connectivity index (χ2v) is 5.96. The summed E-state index contributed by atoms with van der Waals surface area (Å²) >= 11 is 2.37. The molecule has 1 heterocycles. The van der Waals surface area contributed by atoms with Gasteiger partial charge in [0.05, 0.1) is 15.7 Å². The molecule has 0 N–H and O–H groups in total. The van der Waals surface area contributed by atoms with Crippen LogP contribution in [-0.2, 0) is 3.42 Å². The second-order valence-electron chi connectivity index (χ2n) is 3.27. The van der Waals surface area contributed by atoms with Crippen molar-refractivity contribution in [2.24, 2.45) is 0 Å². The third-order valence-corrected chi connectivity index (χ3v) is 2.18. The quantitative estimate of drug-likeness (QED) is 0.630. The predicted octanol–water partition coefficient (Wildman–Crippen LogP) is 3.15. The fourth-order valence-corrected chi connectivity index (χ4v) is 1.27. The summed E-state index contributed by atoms with van der Waals surface area (Å²) in [6.45, 7) is 6.89. The van der Waals surface area contributed by atoms with Crippen LogP contribution in [0.1, 0.15) is 26.5 Å². The summed E-state index contributed by atoms with van der Waals surface area (Å²) in [5.41, 5.74) is 1.05. The van der Waals surface area contributed by atoms with Crippen LogP contribution in [0, 0.1) is 0 Å². The van der Waals surface area contributed by atoms with Crippen molar-refractivity contribution in [1.82, 2.24) is 4.98 Å². The van der Waals surface area contributed by atoms with Crippen molar-refractivity contribution in [3.05, 3.63) is 23.9 Å². The summed E-state index contributed by atoms with van der Waals surface area (Å²) < 4.78 is 5.39. The Bertz CT molecular complexity index is 280. The fourth-order valence-electron chi connectivity index (χ4n) is 0.974. The Morgan fingerprint density at radius 3 is 2.69 bits per heavy atom. The SMILES string of the molecule is CCOc1cccc(C(C)(C)I)n1. The van der Waals surface area contributed by atoms with Gasteiger partial charge in [-0.3, -0.25) is 0 Å². The molecular weight excluding hydrogens is 277 g/mol. The van der Waals surface area contributed by atoms with Crippen LogP contribution in [0.3, 0.4) is 0 Å². The molecule has 0 aliphatic rings. The first-order chi connectivity index (χ1) is 6.04. The van der Waals surface area contributed by atoms with E-state index in [-0.39, 0.29) is 3.42 Å². The van der Waals surface area contributed by atoms with Gasteiger partial charge in [0.1, 0.15) is 0 Å². The van der Waals surface area contributed by atoms with Gasteiger partial charge in [-0.25, -0.2) is 4.98 Å². The lowest BCUT2D eigenvalue weighted by molar-refractivity contribution is 0.325. The van der Waals surface area contributed by atoms with Crippen LogP contribution in [0.5, 0.6) is 5.88 Å². The van der Waals surface area contributed by atoms with Gasteiger partial charge < -0.3 is 4.74 Å². The standard InChI is InChI=1S/C10H14INO/c1-4-13-9-7-5-6-8(12-9)10(2,3)11/h5-7H,4H2,1-3H3. The molecule has 0 saturated carbocycles. The van der Waals surface area contributed by atoms with Crippen LogP contribution >= 0.6 is 22.6 Å². The number of ether oxygens (including phenoxy) is 1. The molecule has 0 saturated heterocycles. The Labute approximate surface area is 92.9 Å². The Balaban J connectivity index is 2.92. The highest BCUT2D eigenvalue weighted by Gasteiger charge is 2.17. The lowest BCUT2D eigenvalue weighted by Gasteiger charge is -2.16. The van der Waals surface area contributed by atoms with E-state index in [0.717, 1.165) is 5.69 Å². The molecule has 0 unspecified atom stereocenters. The maximum absolute atomic E-state index is 5.33. The van der Waals surface area contributed by atoms with E-state index < -0.39 is 0 Å². The number of rotatable bonds is 3. The van der Waals surface area contributed by atoms with Crippen molar-refractivity contribution < 1.29 is 4.74 Å². The average Bonchev–Trinajstić information content (AvgIpc) is 2.04. The lowest BCUT2D eigenvalue weighted by atomic mass is 10.1. The number of hydrogen-bond donors (Lipinski definition) is 0. The Hall–Kier alpha value is -0.320. The van der Waals surface area contributed by atoms with E-state index >= 15 is 0 Å². The van der Waals surface area contributed by atoms with Gasteiger partial charge in [0.15, 0.2) is 0 Å². The first-order valence-electron chi connectivity index (χ1n) is 4.33. The molecular formula is C10H14INO. The molecule has 0 aliphatic heterocycles. The number of nitrogens with zero attached hydrogens (tertiary/aromatic N) is 1. The molecule has 3 heteroatoms. The zero-order valence-electron chi connectivity index (χ0n) is 8.17. The molecule has 1 rings (SSSR count). The molecule has 72 valence electrons. The molecule has 0 bridgehead atoms. The van der Waals surface area contributed by atoms with Gasteiger partial charge in [0.25, 0.3) is 0 Å². The van der Waals surface area contributed by atoms with Gasteiger partial charge in [-0.1, -0.05) is 28.7 Å². The third kappa shape index (κ3) is 3.14. The van der Waals surface area contributed by atoms with E-state index in [9.17, 15) is 0 Å². The summed E-state index contributed by atoms with van der Waals surface area (Å²) in [4.78, 5) is 4.40. The van der Waals surface area contributed by atoms with Gasteiger partial charge in [-0.15, -0.1) is 0 Å². The zero-order chi connectivity index (χ0) is 9.90. The minimum Gasteiger partial charge on any atom is -0.478 e. The van der Waals surface area contributed by atoms with Crippen LogP contribution in [0.2, 0.25) is 0 Å². The normalized spacial score (nSPS) is 11.4. The van der Waals surface area contributed by atoms with Crippen molar-refractivity contribution >= 4 is 22.6 Å².